The predicted octanol–water partition coefficient (Wildman–Crippen LogP) is 3.25. The van der Waals surface area contributed by atoms with Crippen LogP contribution in [0.1, 0.15) is 30.1 Å². The fourth-order valence-corrected chi connectivity index (χ4v) is 4.08. The zero-order chi connectivity index (χ0) is 20.1. The third-order valence-electron chi connectivity index (χ3n) is 2.98. The third kappa shape index (κ3) is 6.84. The molecule has 0 aliphatic rings. The Hall–Kier alpha value is -0.610. The van der Waals surface area contributed by atoms with Crippen LogP contribution in [0.2, 0.25) is 0 Å². The average Bonchev–Trinajstić information content (AvgIpc) is 2.49. The Kier molecular flexibility index (Phi) is 8.60. The highest BCUT2D eigenvalue weighted by atomic mass is 127. The Bertz CT molecular complexity index is 763. The molecular formula is C14H14F2I2O7S. The van der Waals surface area contributed by atoms with E-state index < -0.39 is 33.4 Å². The Morgan fingerprint density at radius 2 is 1.77 bits per heavy atom. The van der Waals surface area contributed by atoms with Crippen molar-refractivity contribution in [3.8, 4) is 0 Å². The molecule has 0 heterocycles. The molecule has 0 aliphatic heterocycles. The van der Waals surface area contributed by atoms with E-state index in [0.29, 0.717) is 12.5 Å². The summed E-state index contributed by atoms with van der Waals surface area (Å²) in [5, 5.41) is -4.61. The van der Waals surface area contributed by atoms with Crippen molar-refractivity contribution < 1.29 is 40.8 Å². The summed E-state index contributed by atoms with van der Waals surface area (Å²) in [6.45, 7) is 0.489. The molecule has 0 saturated heterocycles. The van der Waals surface area contributed by atoms with Crippen LogP contribution in [0, 0.1) is 7.14 Å². The molecule has 1 atom stereocenters. The van der Waals surface area contributed by atoms with Crippen molar-refractivity contribution in [2.45, 2.75) is 31.1 Å². The van der Waals surface area contributed by atoms with Crippen molar-refractivity contribution in [3.63, 3.8) is 0 Å². The van der Waals surface area contributed by atoms with Crippen molar-refractivity contribution in [2.75, 3.05) is 6.61 Å². The molecule has 1 aromatic carbocycles. The number of alkyl halides is 2. The van der Waals surface area contributed by atoms with E-state index >= 15 is 0 Å². The van der Waals surface area contributed by atoms with E-state index in [4.69, 9.17) is 9.29 Å². The number of carbonyl (C=O) groups excluding carboxylic acids is 2. The molecule has 0 aromatic heterocycles. The van der Waals surface area contributed by atoms with Crippen molar-refractivity contribution in [2.24, 2.45) is 0 Å². The van der Waals surface area contributed by atoms with E-state index in [0.717, 1.165) is 7.14 Å². The van der Waals surface area contributed by atoms with Gasteiger partial charge in [0.15, 0.2) is 6.10 Å². The molecule has 1 rings (SSSR count). The summed E-state index contributed by atoms with van der Waals surface area (Å²) in [6.07, 6.45) is -2.74. The van der Waals surface area contributed by atoms with Crippen molar-refractivity contribution in [3.05, 3.63) is 30.9 Å². The number of esters is 2. The highest BCUT2D eigenvalue weighted by Crippen LogP contribution is 2.27. The maximum absolute atomic E-state index is 13.2. The zero-order valence-corrected chi connectivity index (χ0v) is 18.4. The van der Waals surface area contributed by atoms with Crippen LogP contribution in [-0.4, -0.2) is 42.9 Å². The van der Waals surface area contributed by atoms with E-state index in [2.05, 4.69) is 4.74 Å². The SMILES string of the molecule is CC(OC(=O)CCCOC(=O)c1cc(I)cc(I)c1)C(F)(F)S(=O)(=O)O. The van der Waals surface area contributed by atoms with Gasteiger partial charge in [0.25, 0.3) is 0 Å². The molecule has 0 bridgehead atoms. The van der Waals surface area contributed by atoms with Crippen LogP contribution >= 0.6 is 45.2 Å². The maximum Gasteiger partial charge on any atom is 0.405 e. The first-order valence-corrected chi connectivity index (χ1v) is 10.6. The quantitative estimate of drug-likeness (QED) is 0.207. The first kappa shape index (κ1) is 23.4. The summed E-state index contributed by atoms with van der Waals surface area (Å²) in [5.41, 5.74) is 0.338. The molecule has 1 N–H and O–H groups in total. The summed E-state index contributed by atoms with van der Waals surface area (Å²) in [7, 11) is -5.70. The van der Waals surface area contributed by atoms with Gasteiger partial charge in [-0.3, -0.25) is 9.35 Å². The Morgan fingerprint density at radius 3 is 2.27 bits per heavy atom. The van der Waals surface area contributed by atoms with Gasteiger partial charge in [-0.15, -0.1) is 0 Å². The Balaban J connectivity index is 2.44. The lowest BCUT2D eigenvalue weighted by molar-refractivity contribution is -0.159. The lowest BCUT2D eigenvalue weighted by Gasteiger charge is -2.20. The van der Waals surface area contributed by atoms with Crippen molar-refractivity contribution >= 4 is 67.2 Å². The maximum atomic E-state index is 13.2. The molecule has 0 spiro atoms. The number of benzene rings is 1. The molecule has 0 fully saturated rings. The molecule has 26 heavy (non-hydrogen) atoms. The van der Waals surface area contributed by atoms with Gasteiger partial charge in [0.2, 0.25) is 0 Å². The van der Waals surface area contributed by atoms with Crippen LogP contribution in [0.4, 0.5) is 8.78 Å². The molecule has 0 amide bonds. The number of ether oxygens (including phenoxy) is 2. The molecular weight excluding hydrogens is 604 g/mol. The standard InChI is InChI=1S/C14H14F2I2O7S/c1-8(14(15,16)26(21,22)23)25-12(19)3-2-4-24-13(20)9-5-10(17)7-11(18)6-9/h5-8H,2-4H2,1H3,(H,21,22,23). The number of carbonyl (C=O) groups is 2. The summed E-state index contributed by atoms with van der Waals surface area (Å²) >= 11 is 4.09. The molecule has 0 saturated carbocycles. The van der Waals surface area contributed by atoms with Gasteiger partial charge < -0.3 is 9.47 Å². The van der Waals surface area contributed by atoms with Gasteiger partial charge >= 0.3 is 27.3 Å². The van der Waals surface area contributed by atoms with Crippen molar-refractivity contribution in [1.82, 2.24) is 0 Å². The molecule has 1 aromatic rings. The summed E-state index contributed by atoms with van der Waals surface area (Å²) in [6, 6.07) is 5.11. The fourth-order valence-electron chi connectivity index (χ4n) is 1.67. The van der Waals surface area contributed by atoms with Gasteiger partial charge in [-0.05, 0) is 76.7 Å². The Labute approximate surface area is 175 Å². The van der Waals surface area contributed by atoms with Gasteiger partial charge in [0, 0.05) is 13.6 Å². The smallest absolute Gasteiger partial charge is 0.405 e. The zero-order valence-electron chi connectivity index (χ0n) is 13.2. The molecule has 7 nitrogen and oxygen atoms in total. The lowest BCUT2D eigenvalue weighted by Crippen LogP contribution is -2.42. The monoisotopic (exact) mass is 618 g/mol. The normalized spacial score (nSPS) is 13.2. The van der Waals surface area contributed by atoms with E-state index in [1.54, 1.807) is 12.1 Å². The van der Waals surface area contributed by atoms with Gasteiger partial charge in [0.1, 0.15) is 0 Å². The number of hydrogen-bond acceptors (Lipinski definition) is 6. The fraction of sp³-hybridized carbons (Fsp3) is 0.429. The van der Waals surface area contributed by atoms with Crippen LogP contribution in [0.15, 0.2) is 18.2 Å². The van der Waals surface area contributed by atoms with E-state index in [-0.39, 0.29) is 19.4 Å². The van der Waals surface area contributed by atoms with Gasteiger partial charge in [0.05, 0.1) is 12.2 Å². The second-order valence-electron chi connectivity index (χ2n) is 5.07. The van der Waals surface area contributed by atoms with Crippen LogP contribution in [0.3, 0.4) is 0 Å². The largest absolute Gasteiger partial charge is 0.462 e. The van der Waals surface area contributed by atoms with Crippen LogP contribution in [-0.2, 0) is 24.4 Å². The van der Waals surface area contributed by atoms with Crippen molar-refractivity contribution in [1.29, 1.82) is 0 Å². The molecule has 1 unspecified atom stereocenters. The minimum atomic E-state index is -5.70. The summed E-state index contributed by atoms with van der Waals surface area (Å²) < 4.78 is 67.0. The first-order valence-electron chi connectivity index (χ1n) is 7.02. The molecule has 146 valence electrons. The number of hydrogen-bond donors (Lipinski definition) is 1. The van der Waals surface area contributed by atoms with Crippen LogP contribution in [0.25, 0.3) is 0 Å². The van der Waals surface area contributed by atoms with Gasteiger partial charge in [-0.25, -0.2) is 4.79 Å². The molecule has 0 radical (unpaired) electrons. The topological polar surface area (TPSA) is 107 Å². The van der Waals surface area contributed by atoms with E-state index in [1.807, 2.05) is 51.2 Å². The Morgan fingerprint density at radius 1 is 1.23 bits per heavy atom. The van der Waals surface area contributed by atoms with E-state index in [9.17, 15) is 26.8 Å². The second kappa shape index (κ2) is 9.54. The van der Waals surface area contributed by atoms with E-state index in [1.165, 1.54) is 0 Å². The molecule has 0 aliphatic carbocycles. The van der Waals surface area contributed by atoms with Gasteiger partial charge in [-0.2, -0.15) is 17.2 Å². The van der Waals surface area contributed by atoms with Crippen LogP contribution < -0.4 is 0 Å². The lowest BCUT2D eigenvalue weighted by atomic mass is 10.2. The second-order valence-corrected chi connectivity index (χ2v) is 9.05. The van der Waals surface area contributed by atoms with Crippen LogP contribution in [0.5, 0.6) is 0 Å². The average molecular weight is 618 g/mol. The predicted molar refractivity (Wildman–Crippen MR) is 103 cm³/mol. The highest BCUT2D eigenvalue weighted by molar-refractivity contribution is 14.1. The third-order valence-corrected chi connectivity index (χ3v) is 5.25. The number of halogens is 4. The summed E-state index contributed by atoms with van der Waals surface area (Å²) in [5.74, 6) is -1.71. The highest BCUT2D eigenvalue weighted by Gasteiger charge is 2.51. The van der Waals surface area contributed by atoms with Gasteiger partial charge in [-0.1, -0.05) is 0 Å². The minimum absolute atomic E-state index is 0.00421. The number of rotatable bonds is 8. The molecule has 12 heteroatoms. The summed E-state index contributed by atoms with van der Waals surface area (Å²) in [4.78, 5) is 23.3. The first-order chi connectivity index (χ1) is 11.8. The minimum Gasteiger partial charge on any atom is -0.462 e.